The van der Waals surface area contributed by atoms with Crippen molar-refractivity contribution >= 4 is 23.4 Å². The van der Waals surface area contributed by atoms with E-state index in [-0.39, 0.29) is 11.7 Å². The molecule has 0 atom stereocenters. The van der Waals surface area contributed by atoms with Crippen LogP contribution in [0.4, 0.5) is 5.69 Å². The Hall–Kier alpha value is -3.00. The number of carbonyl (C=O) groups excluding carboxylic acids is 1. The van der Waals surface area contributed by atoms with Gasteiger partial charge in [-0.1, -0.05) is 23.9 Å². The second kappa shape index (κ2) is 9.27. The van der Waals surface area contributed by atoms with Crippen molar-refractivity contribution in [1.29, 1.82) is 0 Å². The Kier molecular flexibility index (Phi) is 6.54. The van der Waals surface area contributed by atoms with Gasteiger partial charge in [-0.3, -0.25) is 9.36 Å². The first-order valence-electron chi connectivity index (χ1n) is 8.83. The van der Waals surface area contributed by atoms with Crippen LogP contribution in [0.25, 0.3) is 5.69 Å². The van der Waals surface area contributed by atoms with Crippen LogP contribution >= 0.6 is 11.8 Å². The molecule has 7 nitrogen and oxygen atoms in total. The van der Waals surface area contributed by atoms with Gasteiger partial charge in [0.2, 0.25) is 5.91 Å². The molecule has 0 spiro atoms. The zero-order chi connectivity index (χ0) is 19.9. The standard InChI is InChI=1S/C20H22N4O3S/c1-4-27-16-11-9-15(10-12-16)24-14(2)22-23-20(24)28-13-19(25)21-17-7-5-6-8-18(17)26-3/h5-12H,4,13H2,1-3H3,(H,21,25). The molecular formula is C20H22N4O3S. The number of methoxy groups -OCH3 is 1. The first kappa shape index (κ1) is 19.8. The highest BCUT2D eigenvalue weighted by atomic mass is 32.2. The van der Waals surface area contributed by atoms with Gasteiger partial charge in [0.15, 0.2) is 5.16 Å². The molecule has 3 aromatic rings. The maximum atomic E-state index is 12.4. The van der Waals surface area contributed by atoms with E-state index >= 15 is 0 Å². The van der Waals surface area contributed by atoms with E-state index in [1.807, 2.05) is 54.8 Å². The highest BCUT2D eigenvalue weighted by molar-refractivity contribution is 7.99. The van der Waals surface area contributed by atoms with E-state index in [2.05, 4.69) is 15.5 Å². The SMILES string of the molecule is CCOc1ccc(-n2c(C)nnc2SCC(=O)Nc2ccccc2OC)cc1. The first-order valence-corrected chi connectivity index (χ1v) is 9.82. The summed E-state index contributed by atoms with van der Waals surface area (Å²) in [6, 6.07) is 15.0. The summed E-state index contributed by atoms with van der Waals surface area (Å²) in [4.78, 5) is 12.4. The van der Waals surface area contributed by atoms with Gasteiger partial charge >= 0.3 is 0 Å². The fourth-order valence-corrected chi connectivity index (χ4v) is 3.45. The molecule has 146 valence electrons. The summed E-state index contributed by atoms with van der Waals surface area (Å²) < 4.78 is 12.7. The average Bonchev–Trinajstić information content (AvgIpc) is 3.08. The number of aromatic nitrogens is 3. The molecule has 1 amide bonds. The monoisotopic (exact) mass is 398 g/mol. The van der Waals surface area contributed by atoms with Gasteiger partial charge in [0.05, 0.1) is 25.2 Å². The number of para-hydroxylation sites is 2. The number of thioether (sulfide) groups is 1. The van der Waals surface area contributed by atoms with E-state index in [1.165, 1.54) is 11.8 Å². The van der Waals surface area contributed by atoms with Crippen LogP contribution < -0.4 is 14.8 Å². The van der Waals surface area contributed by atoms with Gasteiger partial charge in [-0.2, -0.15) is 0 Å². The molecule has 1 N–H and O–H groups in total. The minimum absolute atomic E-state index is 0.145. The summed E-state index contributed by atoms with van der Waals surface area (Å²) in [5.41, 5.74) is 1.55. The van der Waals surface area contributed by atoms with Gasteiger partial charge < -0.3 is 14.8 Å². The predicted molar refractivity (Wildman–Crippen MR) is 110 cm³/mol. The Balaban J connectivity index is 1.69. The summed E-state index contributed by atoms with van der Waals surface area (Å²) in [7, 11) is 1.57. The molecular weight excluding hydrogens is 376 g/mol. The van der Waals surface area contributed by atoms with Crippen LogP contribution in [0.3, 0.4) is 0 Å². The minimum Gasteiger partial charge on any atom is -0.495 e. The number of ether oxygens (including phenoxy) is 2. The number of rotatable bonds is 8. The van der Waals surface area contributed by atoms with Gasteiger partial charge in [0.25, 0.3) is 0 Å². The van der Waals surface area contributed by atoms with Gasteiger partial charge in [-0.05, 0) is 50.2 Å². The molecule has 0 fully saturated rings. The number of carbonyl (C=O) groups is 1. The number of aryl methyl sites for hydroxylation is 1. The lowest BCUT2D eigenvalue weighted by atomic mass is 10.3. The van der Waals surface area contributed by atoms with E-state index in [1.54, 1.807) is 19.2 Å². The van der Waals surface area contributed by atoms with Gasteiger partial charge in [-0.25, -0.2) is 0 Å². The Morgan fingerprint density at radius 3 is 2.61 bits per heavy atom. The highest BCUT2D eigenvalue weighted by Crippen LogP contribution is 2.26. The maximum absolute atomic E-state index is 12.4. The number of hydrogen-bond donors (Lipinski definition) is 1. The van der Waals surface area contributed by atoms with Crippen LogP contribution in [0.5, 0.6) is 11.5 Å². The van der Waals surface area contributed by atoms with Crippen molar-refractivity contribution in [2.75, 3.05) is 24.8 Å². The van der Waals surface area contributed by atoms with E-state index in [9.17, 15) is 4.79 Å². The Bertz CT molecular complexity index is 941. The fraction of sp³-hybridized carbons (Fsp3) is 0.250. The van der Waals surface area contributed by atoms with Gasteiger partial charge in [0.1, 0.15) is 17.3 Å². The summed E-state index contributed by atoms with van der Waals surface area (Å²) in [6.45, 7) is 4.44. The number of benzene rings is 2. The molecule has 0 radical (unpaired) electrons. The second-order valence-corrected chi connectivity index (χ2v) is 6.77. The number of nitrogens with one attached hydrogen (secondary N) is 1. The summed E-state index contributed by atoms with van der Waals surface area (Å²) in [5, 5.41) is 11.9. The van der Waals surface area contributed by atoms with Crippen molar-refractivity contribution in [3.05, 3.63) is 54.4 Å². The van der Waals surface area contributed by atoms with Crippen LogP contribution in [-0.4, -0.2) is 40.1 Å². The van der Waals surface area contributed by atoms with Crippen LogP contribution in [0, 0.1) is 6.92 Å². The summed E-state index contributed by atoms with van der Waals surface area (Å²) in [5.74, 6) is 2.23. The number of anilines is 1. The van der Waals surface area contributed by atoms with Crippen LogP contribution in [0.1, 0.15) is 12.7 Å². The molecule has 1 heterocycles. The third-order valence-electron chi connectivity index (χ3n) is 3.91. The molecule has 0 aliphatic rings. The molecule has 28 heavy (non-hydrogen) atoms. The van der Waals surface area contributed by atoms with E-state index in [0.717, 1.165) is 17.3 Å². The molecule has 0 bridgehead atoms. The molecule has 0 saturated heterocycles. The van der Waals surface area contributed by atoms with Crippen LogP contribution in [-0.2, 0) is 4.79 Å². The van der Waals surface area contributed by atoms with E-state index in [0.29, 0.717) is 23.2 Å². The third-order valence-corrected chi connectivity index (χ3v) is 4.84. The Morgan fingerprint density at radius 1 is 1.14 bits per heavy atom. The maximum Gasteiger partial charge on any atom is 0.234 e. The molecule has 2 aromatic carbocycles. The molecule has 0 aliphatic heterocycles. The topological polar surface area (TPSA) is 78.3 Å². The van der Waals surface area contributed by atoms with E-state index < -0.39 is 0 Å². The minimum atomic E-state index is -0.145. The fourth-order valence-electron chi connectivity index (χ4n) is 2.66. The molecule has 3 rings (SSSR count). The summed E-state index contributed by atoms with van der Waals surface area (Å²) in [6.07, 6.45) is 0. The Morgan fingerprint density at radius 2 is 1.89 bits per heavy atom. The van der Waals surface area contributed by atoms with Crippen molar-refractivity contribution in [2.45, 2.75) is 19.0 Å². The van der Waals surface area contributed by atoms with Crippen molar-refractivity contribution in [2.24, 2.45) is 0 Å². The predicted octanol–water partition coefficient (Wildman–Crippen LogP) is 3.71. The molecule has 0 unspecified atom stereocenters. The zero-order valence-electron chi connectivity index (χ0n) is 16.0. The van der Waals surface area contributed by atoms with Gasteiger partial charge in [0, 0.05) is 5.69 Å². The van der Waals surface area contributed by atoms with E-state index in [4.69, 9.17) is 9.47 Å². The quantitative estimate of drug-likeness (QED) is 0.583. The van der Waals surface area contributed by atoms with Crippen molar-refractivity contribution in [1.82, 2.24) is 14.8 Å². The Labute approximate surface area is 168 Å². The average molecular weight is 398 g/mol. The highest BCUT2D eigenvalue weighted by Gasteiger charge is 2.14. The molecule has 0 saturated carbocycles. The van der Waals surface area contributed by atoms with Gasteiger partial charge in [-0.15, -0.1) is 10.2 Å². The van der Waals surface area contributed by atoms with Crippen molar-refractivity contribution in [3.8, 4) is 17.2 Å². The van der Waals surface area contributed by atoms with Crippen LogP contribution in [0.2, 0.25) is 0 Å². The lowest BCUT2D eigenvalue weighted by Crippen LogP contribution is -2.15. The lowest BCUT2D eigenvalue weighted by Gasteiger charge is -2.11. The number of nitrogens with zero attached hydrogens (tertiary/aromatic N) is 3. The molecule has 0 aliphatic carbocycles. The third kappa shape index (κ3) is 4.64. The largest absolute Gasteiger partial charge is 0.495 e. The first-order chi connectivity index (χ1) is 13.6. The lowest BCUT2D eigenvalue weighted by molar-refractivity contribution is -0.113. The molecule has 8 heteroatoms. The zero-order valence-corrected chi connectivity index (χ0v) is 16.8. The smallest absolute Gasteiger partial charge is 0.234 e. The van der Waals surface area contributed by atoms with Crippen molar-refractivity contribution in [3.63, 3.8) is 0 Å². The van der Waals surface area contributed by atoms with Crippen LogP contribution in [0.15, 0.2) is 53.7 Å². The second-order valence-electron chi connectivity index (χ2n) is 5.83. The molecule has 1 aromatic heterocycles. The van der Waals surface area contributed by atoms with Crippen molar-refractivity contribution < 1.29 is 14.3 Å². The number of amides is 1. The summed E-state index contributed by atoms with van der Waals surface area (Å²) >= 11 is 1.32. The normalized spacial score (nSPS) is 10.5. The number of hydrogen-bond acceptors (Lipinski definition) is 6.